The maximum Gasteiger partial charge on any atom is 0.411 e. The first-order chi connectivity index (χ1) is 22.8. The average molecular weight is 663 g/mol. The Balaban J connectivity index is 1.36. The second kappa shape index (κ2) is 16.3. The van der Waals surface area contributed by atoms with Crippen molar-refractivity contribution in [3.05, 3.63) is 66.7 Å². The lowest BCUT2D eigenvalue weighted by molar-refractivity contribution is -0.139. The lowest BCUT2D eigenvalue weighted by Gasteiger charge is -2.28. The number of para-hydroxylation sites is 1. The molecule has 2 fully saturated rings. The number of rotatable bonds is 14. The van der Waals surface area contributed by atoms with Crippen molar-refractivity contribution >= 4 is 35.7 Å². The number of hydrogen-bond donors (Lipinski definition) is 4. The first kappa shape index (κ1) is 36.0. The first-order valence-corrected chi connectivity index (χ1v) is 16.4. The molecule has 12 heteroatoms. The fraction of sp³-hybridized carbons (Fsp3) is 0.472. The summed E-state index contributed by atoms with van der Waals surface area (Å²) in [5.74, 6) is -2.20. The SMILES string of the molecule is CC(C)(C)OC(=O)N[C@@H](CCCCC/C=C\[C@@H]1C[C@@H]1C(=O)O)C(=O)N1C[C@H](OC(=O)Nc2ccccc2-c2ccccc2)C[C@H]1C(N)=O. The van der Waals surface area contributed by atoms with Gasteiger partial charge in [-0.25, -0.2) is 9.59 Å². The number of alkyl carbamates (subject to hydrolysis) is 1. The zero-order valence-electron chi connectivity index (χ0n) is 27.7. The number of likely N-dealkylation sites (tertiary alicyclic amines) is 1. The van der Waals surface area contributed by atoms with E-state index in [1.165, 1.54) is 4.90 Å². The molecule has 1 saturated heterocycles. The van der Waals surface area contributed by atoms with Gasteiger partial charge in [0.05, 0.1) is 18.2 Å². The van der Waals surface area contributed by atoms with Crippen LogP contribution in [0, 0.1) is 11.8 Å². The number of hydrogen-bond acceptors (Lipinski definition) is 7. The van der Waals surface area contributed by atoms with E-state index in [2.05, 4.69) is 10.6 Å². The number of nitrogens with zero attached hydrogens (tertiary/aromatic N) is 1. The molecule has 2 aromatic rings. The number of nitrogens with one attached hydrogen (secondary N) is 2. The highest BCUT2D eigenvalue weighted by Crippen LogP contribution is 2.39. The van der Waals surface area contributed by atoms with E-state index in [9.17, 15) is 24.0 Å². The molecule has 0 bridgehead atoms. The molecule has 0 aromatic heterocycles. The third kappa shape index (κ3) is 10.6. The smallest absolute Gasteiger partial charge is 0.411 e. The predicted octanol–water partition coefficient (Wildman–Crippen LogP) is 5.48. The number of carbonyl (C=O) groups excluding carboxylic acids is 4. The normalized spacial score (nSPS) is 20.9. The van der Waals surface area contributed by atoms with Gasteiger partial charge in [0.25, 0.3) is 0 Å². The molecular weight excluding hydrogens is 616 g/mol. The Labute approximate surface area is 281 Å². The van der Waals surface area contributed by atoms with Crippen LogP contribution in [0.1, 0.15) is 65.7 Å². The largest absolute Gasteiger partial charge is 0.481 e. The van der Waals surface area contributed by atoms with Crippen molar-refractivity contribution in [2.75, 3.05) is 11.9 Å². The van der Waals surface area contributed by atoms with Crippen molar-refractivity contribution in [2.24, 2.45) is 17.6 Å². The molecule has 4 amide bonds. The van der Waals surface area contributed by atoms with Gasteiger partial charge in [-0.15, -0.1) is 0 Å². The minimum atomic E-state index is -1.03. The zero-order valence-corrected chi connectivity index (χ0v) is 27.7. The molecular formula is C36H46N4O8. The van der Waals surface area contributed by atoms with Crippen molar-refractivity contribution in [1.82, 2.24) is 10.2 Å². The van der Waals surface area contributed by atoms with Crippen LogP contribution in [0.5, 0.6) is 0 Å². The average Bonchev–Trinajstić information content (AvgIpc) is 3.69. The Morgan fingerprint density at radius 1 is 0.979 bits per heavy atom. The molecule has 0 spiro atoms. The van der Waals surface area contributed by atoms with Gasteiger partial charge in [-0.1, -0.05) is 73.5 Å². The Hall–Kier alpha value is -4.87. The van der Waals surface area contributed by atoms with Crippen LogP contribution in [0.2, 0.25) is 0 Å². The van der Waals surface area contributed by atoms with Crippen LogP contribution in [-0.2, 0) is 23.9 Å². The van der Waals surface area contributed by atoms with Crippen molar-refractivity contribution in [3.63, 3.8) is 0 Å². The lowest BCUT2D eigenvalue weighted by atomic mass is 10.0. The molecule has 1 aliphatic heterocycles. The number of anilines is 1. The van der Waals surface area contributed by atoms with Gasteiger partial charge in [-0.05, 0) is 64.0 Å². The molecule has 0 radical (unpaired) electrons. The summed E-state index contributed by atoms with van der Waals surface area (Å²) in [5, 5.41) is 14.5. The molecule has 4 rings (SSSR count). The molecule has 1 heterocycles. The van der Waals surface area contributed by atoms with Gasteiger partial charge in [0.2, 0.25) is 11.8 Å². The number of aliphatic carboxylic acids is 1. The fourth-order valence-electron chi connectivity index (χ4n) is 5.83. The predicted molar refractivity (Wildman–Crippen MR) is 180 cm³/mol. The maximum absolute atomic E-state index is 13.9. The fourth-order valence-corrected chi connectivity index (χ4v) is 5.83. The van der Waals surface area contributed by atoms with Crippen LogP contribution in [0.25, 0.3) is 11.1 Å². The van der Waals surface area contributed by atoms with E-state index >= 15 is 0 Å². The molecule has 2 aromatic carbocycles. The number of allylic oxidation sites excluding steroid dienone is 2. The van der Waals surface area contributed by atoms with E-state index < -0.39 is 53.8 Å². The molecule has 1 saturated carbocycles. The summed E-state index contributed by atoms with van der Waals surface area (Å²) in [5.41, 5.74) is 7.15. The van der Waals surface area contributed by atoms with Gasteiger partial charge in [0.15, 0.2) is 0 Å². The van der Waals surface area contributed by atoms with Gasteiger partial charge >= 0.3 is 18.2 Å². The summed E-state index contributed by atoms with van der Waals surface area (Å²) in [6, 6.07) is 14.8. The van der Waals surface area contributed by atoms with Crippen molar-refractivity contribution in [2.45, 2.75) is 89.5 Å². The highest BCUT2D eigenvalue weighted by Gasteiger charge is 2.43. The Morgan fingerprint density at radius 2 is 1.69 bits per heavy atom. The van der Waals surface area contributed by atoms with Crippen LogP contribution in [0.4, 0.5) is 15.3 Å². The second-order valence-electron chi connectivity index (χ2n) is 13.3. The Morgan fingerprint density at radius 3 is 2.35 bits per heavy atom. The molecule has 1 aliphatic carbocycles. The van der Waals surface area contributed by atoms with E-state index in [1.54, 1.807) is 32.9 Å². The lowest BCUT2D eigenvalue weighted by Crippen LogP contribution is -2.53. The standard InChI is InChI=1S/C36H46N4O8/c1-36(2,3)48-35(46)39-29(19-11-6-4-5-8-16-24-20-27(24)33(43)44)32(42)40-22-25(21-30(40)31(37)41)47-34(45)38-28-18-13-12-17-26(28)23-14-9-7-10-15-23/h7-10,12-18,24-25,27,29-30H,4-6,11,19-22H2,1-3H3,(H2,37,41)(H,38,45)(H,39,46)(H,43,44)/b16-8-/t24-,25-,27+,29+,30+/m1/s1. The number of carboxylic acids is 1. The quantitative estimate of drug-likeness (QED) is 0.152. The van der Waals surface area contributed by atoms with Crippen LogP contribution < -0.4 is 16.4 Å². The molecule has 2 aliphatic rings. The van der Waals surface area contributed by atoms with Crippen molar-refractivity contribution < 1.29 is 38.6 Å². The molecule has 48 heavy (non-hydrogen) atoms. The minimum Gasteiger partial charge on any atom is -0.481 e. The summed E-state index contributed by atoms with van der Waals surface area (Å²) in [6.07, 6.45) is 5.56. The third-order valence-electron chi connectivity index (χ3n) is 8.29. The molecule has 5 atom stereocenters. The van der Waals surface area contributed by atoms with Gasteiger partial charge in [0, 0.05) is 12.0 Å². The summed E-state index contributed by atoms with van der Waals surface area (Å²) >= 11 is 0. The Kier molecular flexibility index (Phi) is 12.2. The van der Waals surface area contributed by atoms with Crippen LogP contribution in [-0.4, -0.2) is 70.3 Å². The number of benzene rings is 2. The number of ether oxygens (including phenoxy) is 2. The number of nitrogens with two attached hydrogens (primary N) is 1. The van der Waals surface area contributed by atoms with Gasteiger partial charge < -0.3 is 30.5 Å². The van der Waals surface area contributed by atoms with E-state index in [4.69, 9.17) is 20.3 Å². The number of unbranched alkanes of at least 4 members (excludes halogenated alkanes) is 3. The highest BCUT2D eigenvalue weighted by atomic mass is 16.6. The zero-order chi connectivity index (χ0) is 34.8. The van der Waals surface area contributed by atoms with Crippen LogP contribution in [0.15, 0.2) is 66.7 Å². The number of carboxylic acid groups (broad SMARTS) is 1. The summed E-state index contributed by atoms with van der Waals surface area (Å²) in [7, 11) is 0. The van der Waals surface area contributed by atoms with E-state index in [-0.39, 0.29) is 31.2 Å². The molecule has 5 N–H and O–H groups in total. The molecule has 258 valence electrons. The first-order valence-electron chi connectivity index (χ1n) is 16.4. The van der Waals surface area contributed by atoms with Gasteiger partial charge in [-0.3, -0.25) is 19.7 Å². The minimum absolute atomic E-state index is 0.0179. The molecule has 12 nitrogen and oxygen atoms in total. The van der Waals surface area contributed by atoms with E-state index in [0.717, 1.165) is 30.4 Å². The summed E-state index contributed by atoms with van der Waals surface area (Å²) in [4.78, 5) is 64.3. The second-order valence-corrected chi connectivity index (χ2v) is 13.3. The highest BCUT2D eigenvalue weighted by molar-refractivity contribution is 5.93. The van der Waals surface area contributed by atoms with Gasteiger partial charge in [0.1, 0.15) is 23.8 Å². The number of amides is 4. The van der Waals surface area contributed by atoms with Crippen LogP contribution >= 0.6 is 0 Å². The topological polar surface area (TPSA) is 177 Å². The van der Waals surface area contributed by atoms with Crippen molar-refractivity contribution in [1.29, 1.82) is 0 Å². The Bertz CT molecular complexity index is 1490. The number of carbonyl (C=O) groups is 5. The van der Waals surface area contributed by atoms with E-state index in [0.29, 0.717) is 18.5 Å². The third-order valence-corrected chi connectivity index (χ3v) is 8.29. The molecule has 0 unspecified atom stereocenters. The monoisotopic (exact) mass is 662 g/mol. The van der Waals surface area contributed by atoms with Crippen LogP contribution in [0.3, 0.4) is 0 Å². The van der Waals surface area contributed by atoms with Gasteiger partial charge in [-0.2, -0.15) is 0 Å². The van der Waals surface area contributed by atoms with E-state index in [1.807, 2.05) is 54.6 Å². The summed E-state index contributed by atoms with van der Waals surface area (Å²) < 4.78 is 11.1. The van der Waals surface area contributed by atoms with Crippen molar-refractivity contribution in [3.8, 4) is 11.1 Å². The number of primary amides is 1. The summed E-state index contributed by atoms with van der Waals surface area (Å²) in [6.45, 7) is 5.07. The maximum atomic E-state index is 13.9.